The van der Waals surface area contributed by atoms with Crippen molar-refractivity contribution in [1.82, 2.24) is 0 Å². The zero-order valence-corrected chi connectivity index (χ0v) is 8.50. The van der Waals surface area contributed by atoms with Crippen LogP contribution in [0, 0.1) is 0 Å². The van der Waals surface area contributed by atoms with E-state index in [1.165, 1.54) is 13.2 Å². The molecule has 1 aliphatic rings. The second kappa shape index (κ2) is 4.91. The molecule has 0 fully saturated rings. The van der Waals surface area contributed by atoms with Crippen molar-refractivity contribution in [2.75, 3.05) is 19.5 Å². The minimum Gasteiger partial charge on any atom is -0.495 e. The number of nitrogens with zero attached hydrogens (tertiary/aromatic N) is 1. The van der Waals surface area contributed by atoms with Crippen molar-refractivity contribution in [3.05, 3.63) is 11.8 Å². The number of carbonyl (C=O) groups excluding carboxylic acids is 2. The first kappa shape index (κ1) is 10.9. The van der Waals surface area contributed by atoms with E-state index in [9.17, 15) is 9.59 Å². The van der Waals surface area contributed by atoms with Gasteiger partial charge < -0.3 is 4.74 Å². The number of hydrogen-bond donors (Lipinski definition) is 0. The standard InChI is InChI=1S/C9H10ClNO3/c1-14-9-5-8(13)7(12)4-6(9)11-3-2-10/h5H,2-4H2,1H3. The molecule has 0 saturated carbocycles. The minimum absolute atomic E-state index is 0.00932. The SMILES string of the molecule is COC1=CC(=O)C(=O)CC1=NCCCl. The predicted molar refractivity (Wildman–Crippen MR) is 52.7 cm³/mol. The highest BCUT2D eigenvalue weighted by atomic mass is 35.5. The van der Waals surface area contributed by atoms with E-state index in [0.29, 0.717) is 23.9 Å². The quantitative estimate of drug-likeness (QED) is 0.515. The topological polar surface area (TPSA) is 55.7 Å². The molecule has 0 bridgehead atoms. The molecular formula is C9H10ClNO3. The maximum atomic E-state index is 11.1. The van der Waals surface area contributed by atoms with Crippen LogP contribution in [0.3, 0.4) is 0 Å². The van der Waals surface area contributed by atoms with Gasteiger partial charge in [-0.2, -0.15) is 0 Å². The van der Waals surface area contributed by atoms with E-state index in [-0.39, 0.29) is 6.42 Å². The fourth-order valence-corrected chi connectivity index (χ4v) is 1.18. The molecule has 0 heterocycles. The number of rotatable bonds is 3. The maximum absolute atomic E-state index is 11.1. The Morgan fingerprint density at radius 2 is 2.29 bits per heavy atom. The Hall–Kier alpha value is -1.16. The van der Waals surface area contributed by atoms with E-state index in [2.05, 4.69) is 4.99 Å². The van der Waals surface area contributed by atoms with Crippen molar-refractivity contribution in [2.24, 2.45) is 4.99 Å². The highest BCUT2D eigenvalue weighted by Gasteiger charge is 2.24. The first-order valence-corrected chi connectivity index (χ1v) is 4.65. The average molecular weight is 216 g/mol. The molecule has 1 aliphatic carbocycles. The van der Waals surface area contributed by atoms with Gasteiger partial charge >= 0.3 is 0 Å². The Labute approximate surface area is 86.6 Å². The first-order valence-electron chi connectivity index (χ1n) is 4.11. The van der Waals surface area contributed by atoms with Gasteiger partial charge in [-0.15, -0.1) is 11.6 Å². The van der Waals surface area contributed by atoms with E-state index in [1.54, 1.807) is 0 Å². The summed E-state index contributed by atoms with van der Waals surface area (Å²) in [6.45, 7) is 0.416. The smallest absolute Gasteiger partial charge is 0.225 e. The third kappa shape index (κ3) is 2.42. The van der Waals surface area contributed by atoms with Crippen molar-refractivity contribution in [3.8, 4) is 0 Å². The van der Waals surface area contributed by atoms with Crippen molar-refractivity contribution in [3.63, 3.8) is 0 Å². The van der Waals surface area contributed by atoms with Gasteiger partial charge in [0.25, 0.3) is 0 Å². The van der Waals surface area contributed by atoms with Gasteiger partial charge in [-0.05, 0) is 0 Å². The number of hydrogen-bond acceptors (Lipinski definition) is 4. The van der Waals surface area contributed by atoms with E-state index >= 15 is 0 Å². The molecule has 0 atom stereocenters. The summed E-state index contributed by atoms with van der Waals surface area (Å²) in [6.07, 6.45) is 1.17. The number of aliphatic imine (C=N–C) groups is 1. The van der Waals surface area contributed by atoms with Crippen LogP contribution in [-0.2, 0) is 14.3 Å². The lowest BCUT2D eigenvalue weighted by Gasteiger charge is -2.12. The average Bonchev–Trinajstić information content (AvgIpc) is 2.19. The largest absolute Gasteiger partial charge is 0.495 e. The molecule has 0 spiro atoms. The number of methoxy groups -OCH3 is 1. The summed E-state index contributed by atoms with van der Waals surface area (Å²) in [6, 6.07) is 0. The third-order valence-corrected chi connectivity index (χ3v) is 1.93. The number of allylic oxidation sites excluding steroid dienone is 2. The molecule has 76 valence electrons. The first-order chi connectivity index (χ1) is 6.69. The Kier molecular flexibility index (Phi) is 3.83. The van der Waals surface area contributed by atoms with Gasteiger partial charge in [-0.1, -0.05) is 0 Å². The molecule has 0 amide bonds. The normalized spacial score (nSPS) is 19.9. The summed E-state index contributed by atoms with van der Waals surface area (Å²) >= 11 is 5.46. The Morgan fingerprint density at radius 3 is 2.86 bits per heavy atom. The van der Waals surface area contributed by atoms with Crippen molar-refractivity contribution in [2.45, 2.75) is 6.42 Å². The molecule has 0 aromatic carbocycles. The van der Waals surface area contributed by atoms with E-state index in [0.717, 1.165) is 0 Å². The van der Waals surface area contributed by atoms with Gasteiger partial charge in [0.2, 0.25) is 11.6 Å². The van der Waals surface area contributed by atoms with E-state index < -0.39 is 11.6 Å². The molecule has 0 radical (unpaired) electrons. The fourth-order valence-electron chi connectivity index (χ4n) is 1.10. The lowest BCUT2D eigenvalue weighted by molar-refractivity contribution is -0.133. The molecule has 0 aromatic rings. The number of halogens is 1. The van der Waals surface area contributed by atoms with Crippen molar-refractivity contribution >= 4 is 28.9 Å². The molecule has 4 nitrogen and oxygen atoms in total. The van der Waals surface area contributed by atoms with Crippen LogP contribution in [0.4, 0.5) is 0 Å². The van der Waals surface area contributed by atoms with Gasteiger partial charge in [-0.3, -0.25) is 14.6 Å². The summed E-state index contributed by atoms with van der Waals surface area (Å²) in [4.78, 5) is 26.1. The van der Waals surface area contributed by atoms with Crippen molar-refractivity contribution < 1.29 is 14.3 Å². The zero-order valence-electron chi connectivity index (χ0n) is 7.75. The maximum Gasteiger partial charge on any atom is 0.225 e. The Morgan fingerprint density at radius 1 is 1.57 bits per heavy atom. The summed E-state index contributed by atoms with van der Waals surface area (Å²) in [5.74, 6) is -0.256. The molecule has 14 heavy (non-hydrogen) atoms. The van der Waals surface area contributed by atoms with Gasteiger partial charge in [0.1, 0.15) is 5.76 Å². The Bertz CT molecular complexity index is 320. The van der Waals surface area contributed by atoms with Crippen LogP contribution in [0.5, 0.6) is 0 Å². The van der Waals surface area contributed by atoms with Crippen LogP contribution in [0.1, 0.15) is 6.42 Å². The van der Waals surface area contributed by atoms with E-state index in [4.69, 9.17) is 16.3 Å². The van der Waals surface area contributed by atoms with Crippen LogP contribution in [0.15, 0.2) is 16.8 Å². The van der Waals surface area contributed by atoms with Crippen molar-refractivity contribution in [1.29, 1.82) is 0 Å². The third-order valence-electron chi connectivity index (χ3n) is 1.76. The number of carbonyl (C=O) groups is 2. The van der Waals surface area contributed by atoms with E-state index in [1.807, 2.05) is 0 Å². The lowest BCUT2D eigenvalue weighted by Crippen LogP contribution is -2.25. The molecule has 1 rings (SSSR count). The van der Waals surface area contributed by atoms with Crippen LogP contribution >= 0.6 is 11.6 Å². The summed E-state index contributed by atoms with van der Waals surface area (Å²) in [5.41, 5.74) is 0.498. The number of alkyl halides is 1. The Balaban J connectivity index is 2.90. The molecule has 5 heteroatoms. The van der Waals surface area contributed by atoms with Crippen LogP contribution in [-0.4, -0.2) is 36.8 Å². The molecule has 0 aromatic heterocycles. The summed E-state index contributed by atoms with van der Waals surface area (Å²) in [7, 11) is 1.44. The minimum atomic E-state index is -0.535. The summed E-state index contributed by atoms with van der Waals surface area (Å²) in [5, 5.41) is 0. The van der Waals surface area contributed by atoms with Gasteiger partial charge in [0, 0.05) is 12.0 Å². The molecule has 0 aliphatic heterocycles. The zero-order chi connectivity index (χ0) is 10.6. The highest BCUT2D eigenvalue weighted by molar-refractivity contribution is 6.48. The molecule has 0 saturated heterocycles. The van der Waals surface area contributed by atoms with Gasteiger partial charge in [-0.25, -0.2) is 0 Å². The van der Waals surface area contributed by atoms with Crippen LogP contribution < -0.4 is 0 Å². The molecular weight excluding hydrogens is 206 g/mol. The second-order valence-electron chi connectivity index (χ2n) is 2.69. The van der Waals surface area contributed by atoms with Crippen LogP contribution in [0.25, 0.3) is 0 Å². The molecule has 0 N–H and O–H groups in total. The molecule has 0 unspecified atom stereocenters. The predicted octanol–water partition coefficient (Wildman–Crippen LogP) is 0.738. The fraction of sp³-hybridized carbons (Fsp3) is 0.444. The highest BCUT2D eigenvalue weighted by Crippen LogP contribution is 2.11. The van der Waals surface area contributed by atoms with Crippen LogP contribution in [0.2, 0.25) is 0 Å². The van der Waals surface area contributed by atoms with Gasteiger partial charge in [0.05, 0.1) is 25.8 Å². The lowest BCUT2D eigenvalue weighted by atomic mass is 10.0. The second-order valence-corrected chi connectivity index (χ2v) is 3.07. The number of Topliss-reactive ketones (excluding diaryl/α,β-unsaturated/α-hetero) is 1. The monoisotopic (exact) mass is 215 g/mol. The summed E-state index contributed by atoms with van der Waals surface area (Å²) < 4.78 is 4.93. The number of ketones is 2. The number of ether oxygens (including phenoxy) is 1. The van der Waals surface area contributed by atoms with Gasteiger partial charge in [0.15, 0.2) is 0 Å².